The smallest absolute Gasteiger partial charge is 0.245 e. The van der Waals surface area contributed by atoms with Gasteiger partial charge in [-0.3, -0.25) is 9.48 Å². The average molecular weight is 505 g/mol. The molecule has 204 valence electrons. The summed E-state index contributed by atoms with van der Waals surface area (Å²) < 4.78 is 34.4. The quantitative estimate of drug-likeness (QED) is 0.172. The van der Waals surface area contributed by atoms with Crippen molar-refractivity contribution in [2.45, 2.75) is 45.8 Å². The molecule has 0 atom stereocenters. The molecule has 1 aromatic rings. The molecule has 0 aromatic carbocycles. The minimum Gasteiger partial charge on any atom is -0.387 e. The lowest BCUT2D eigenvalue weighted by atomic mass is 10.2. The summed E-state index contributed by atoms with van der Waals surface area (Å²) in [5.74, 6) is -0.412. The van der Waals surface area contributed by atoms with E-state index in [1.807, 2.05) is 10.9 Å². The molecule has 0 radical (unpaired) electrons. The molecule has 1 rings (SSSR count). The number of carbonyl (C=O) groups is 1. The number of aromatic nitrogens is 3. The van der Waals surface area contributed by atoms with Crippen LogP contribution in [0.25, 0.3) is 0 Å². The van der Waals surface area contributed by atoms with E-state index in [4.69, 9.17) is 33.5 Å². The molecule has 0 saturated carbocycles. The summed E-state index contributed by atoms with van der Waals surface area (Å²) in [5, 5.41) is 19.3. The van der Waals surface area contributed by atoms with Gasteiger partial charge in [0.1, 0.15) is 12.3 Å². The second-order valence-electron chi connectivity index (χ2n) is 7.66. The van der Waals surface area contributed by atoms with E-state index in [0.717, 1.165) is 18.7 Å². The Hall–Kier alpha value is -1.67. The first-order valence-corrected chi connectivity index (χ1v) is 12.5. The van der Waals surface area contributed by atoms with Crippen LogP contribution in [-0.4, -0.2) is 112 Å². The number of carbonyl (C=O) groups excluding carboxylic acids is 1. The highest BCUT2D eigenvalue weighted by atomic mass is 16.6. The Morgan fingerprint density at radius 1 is 0.829 bits per heavy atom. The number of aliphatic hydroxyl groups excluding tert-OH is 1. The largest absolute Gasteiger partial charge is 0.387 e. The Kier molecular flexibility index (Phi) is 21.5. The third-order valence-electron chi connectivity index (χ3n) is 4.65. The van der Waals surface area contributed by atoms with Crippen molar-refractivity contribution < 1.29 is 38.3 Å². The zero-order valence-corrected chi connectivity index (χ0v) is 21.2. The van der Waals surface area contributed by atoms with Crippen LogP contribution in [0.5, 0.6) is 0 Å². The van der Waals surface area contributed by atoms with Gasteiger partial charge in [0.15, 0.2) is 0 Å². The molecule has 12 heteroatoms. The van der Waals surface area contributed by atoms with Crippen molar-refractivity contribution in [2.24, 2.45) is 0 Å². The molecule has 0 saturated heterocycles. The molecule has 1 heterocycles. The third kappa shape index (κ3) is 20.2. The number of hydrogen-bond acceptors (Lipinski definition) is 10. The van der Waals surface area contributed by atoms with Crippen LogP contribution in [0.15, 0.2) is 6.20 Å². The molecule has 0 bridgehead atoms. The van der Waals surface area contributed by atoms with Gasteiger partial charge in [0.2, 0.25) is 5.91 Å². The van der Waals surface area contributed by atoms with E-state index < -0.39 is 12.5 Å². The topological polar surface area (TPSA) is 135 Å². The first-order valence-electron chi connectivity index (χ1n) is 12.5. The van der Waals surface area contributed by atoms with Gasteiger partial charge in [-0.1, -0.05) is 31.4 Å². The predicted octanol–water partition coefficient (Wildman–Crippen LogP) is 0.567. The number of nitrogens with zero attached hydrogens (tertiary/aromatic N) is 3. The number of rotatable bonds is 26. The van der Waals surface area contributed by atoms with Gasteiger partial charge in [0, 0.05) is 13.1 Å². The van der Waals surface area contributed by atoms with E-state index in [-0.39, 0.29) is 0 Å². The Balaban J connectivity index is 1.74. The van der Waals surface area contributed by atoms with Crippen LogP contribution in [0.4, 0.5) is 0 Å². The fourth-order valence-electron chi connectivity index (χ4n) is 2.81. The summed E-state index contributed by atoms with van der Waals surface area (Å²) in [4.78, 5) is 10.8. The maximum Gasteiger partial charge on any atom is 0.245 e. The molecule has 0 aliphatic carbocycles. The minimum atomic E-state index is -0.510. The van der Waals surface area contributed by atoms with Gasteiger partial charge in [-0.25, -0.2) is 0 Å². The summed E-state index contributed by atoms with van der Waals surface area (Å²) in [6, 6.07) is 0. The lowest BCUT2D eigenvalue weighted by Gasteiger charge is -2.08. The van der Waals surface area contributed by atoms with Crippen LogP contribution in [0.2, 0.25) is 0 Å². The Morgan fingerprint density at radius 3 is 1.91 bits per heavy atom. The van der Waals surface area contributed by atoms with E-state index in [1.54, 1.807) is 0 Å². The highest BCUT2D eigenvalue weighted by Gasteiger charge is 2.01. The van der Waals surface area contributed by atoms with E-state index >= 15 is 0 Å². The first kappa shape index (κ1) is 31.4. The van der Waals surface area contributed by atoms with Crippen molar-refractivity contribution in [1.82, 2.24) is 20.3 Å². The summed E-state index contributed by atoms with van der Waals surface area (Å²) >= 11 is 0. The normalized spacial score (nSPS) is 11.3. The van der Waals surface area contributed by atoms with Crippen molar-refractivity contribution in [3.63, 3.8) is 0 Å². The highest BCUT2D eigenvalue weighted by Crippen LogP contribution is 2.02. The van der Waals surface area contributed by atoms with Gasteiger partial charge in [-0.05, 0) is 6.42 Å². The van der Waals surface area contributed by atoms with E-state index in [9.17, 15) is 4.79 Å². The summed E-state index contributed by atoms with van der Waals surface area (Å²) in [7, 11) is 0. The Bertz CT molecular complexity index is 606. The van der Waals surface area contributed by atoms with E-state index in [0.29, 0.717) is 85.8 Å². The van der Waals surface area contributed by atoms with Crippen LogP contribution in [0.3, 0.4) is 0 Å². The molecule has 1 amide bonds. The number of unbranched alkanes of at least 4 members (excludes halogenated alkanes) is 3. The van der Waals surface area contributed by atoms with Crippen LogP contribution in [0.1, 0.15) is 38.3 Å². The summed E-state index contributed by atoms with van der Waals surface area (Å²) in [6.45, 7) is 8.62. The number of hydrogen-bond donors (Lipinski definition) is 2. The molecule has 0 fully saturated rings. The maximum absolute atomic E-state index is 10.8. The van der Waals surface area contributed by atoms with Gasteiger partial charge in [0.05, 0.1) is 85.5 Å². The number of aryl methyl sites for hydroxylation is 1. The predicted molar refractivity (Wildman–Crippen MR) is 128 cm³/mol. The average Bonchev–Trinajstić information content (AvgIpc) is 3.32. The molecule has 1 aromatic heterocycles. The van der Waals surface area contributed by atoms with Crippen LogP contribution in [-0.2, 0) is 46.4 Å². The van der Waals surface area contributed by atoms with Crippen molar-refractivity contribution in [3.05, 3.63) is 11.9 Å². The van der Waals surface area contributed by atoms with Crippen LogP contribution in [0, 0.1) is 0 Å². The maximum atomic E-state index is 10.8. The van der Waals surface area contributed by atoms with Crippen molar-refractivity contribution >= 4 is 5.91 Å². The lowest BCUT2D eigenvalue weighted by Crippen LogP contribution is -2.29. The SMILES string of the molecule is CCCCCCn1cc(COCCOCCOCCOCCOCCOCCNC(=O)CO)nn1. The number of nitrogens with one attached hydrogen (secondary N) is 1. The fourth-order valence-corrected chi connectivity index (χ4v) is 2.81. The molecular formula is C23H44N4O8. The van der Waals surface area contributed by atoms with Crippen molar-refractivity contribution in [2.75, 3.05) is 85.8 Å². The second-order valence-corrected chi connectivity index (χ2v) is 7.66. The molecule has 12 nitrogen and oxygen atoms in total. The lowest BCUT2D eigenvalue weighted by molar-refractivity contribution is -0.124. The highest BCUT2D eigenvalue weighted by molar-refractivity contribution is 5.76. The number of amides is 1. The van der Waals surface area contributed by atoms with Gasteiger partial charge < -0.3 is 38.8 Å². The van der Waals surface area contributed by atoms with Gasteiger partial charge >= 0.3 is 0 Å². The second kappa shape index (κ2) is 24.0. The minimum absolute atomic E-state index is 0.367. The summed E-state index contributed by atoms with van der Waals surface area (Å²) in [5.41, 5.74) is 0.837. The van der Waals surface area contributed by atoms with Crippen LogP contribution >= 0.6 is 0 Å². The standard InChI is InChI=1S/C23H44N4O8/c1-2-3-4-5-7-27-19-22(25-26-27)21-35-18-17-34-16-15-33-14-13-32-12-11-31-10-9-30-8-6-24-23(29)20-28/h19,28H,2-18,20-21H2,1H3,(H,24,29). The molecule has 0 spiro atoms. The molecule has 0 aliphatic heterocycles. The monoisotopic (exact) mass is 504 g/mol. The molecule has 2 N–H and O–H groups in total. The number of aliphatic hydroxyl groups is 1. The Labute approximate surface area is 208 Å². The zero-order chi connectivity index (χ0) is 25.2. The molecular weight excluding hydrogens is 460 g/mol. The van der Waals surface area contributed by atoms with Gasteiger partial charge in [0.25, 0.3) is 0 Å². The first-order chi connectivity index (χ1) is 17.3. The molecule has 0 aliphatic rings. The Morgan fingerprint density at radius 2 is 1.37 bits per heavy atom. The van der Waals surface area contributed by atoms with Crippen molar-refractivity contribution in [1.29, 1.82) is 0 Å². The zero-order valence-electron chi connectivity index (χ0n) is 21.2. The van der Waals surface area contributed by atoms with E-state index in [1.165, 1.54) is 19.3 Å². The number of ether oxygens (including phenoxy) is 6. The summed E-state index contributed by atoms with van der Waals surface area (Å²) in [6.07, 6.45) is 6.78. The molecule has 0 unspecified atom stereocenters. The van der Waals surface area contributed by atoms with Crippen LogP contribution < -0.4 is 5.32 Å². The van der Waals surface area contributed by atoms with Gasteiger partial charge in [-0.15, -0.1) is 5.10 Å². The van der Waals surface area contributed by atoms with Gasteiger partial charge in [-0.2, -0.15) is 0 Å². The molecule has 35 heavy (non-hydrogen) atoms. The van der Waals surface area contributed by atoms with Crippen molar-refractivity contribution in [3.8, 4) is 0 Å². The van der Waals surface area contributed by atoms with E-state index in [2.05, 4.69) is 22.6 Å². The fraction of sp³-hybridized carbons (Fsp3) is 0.870. The third-order valence-corrected chi connectivity index (χ3v) is 4.65.